The van der Waals surface area contributed by atoms with Gasteiger partial charge in [0.25, 0.3) is 0 Å². The third-order valence-electron chi connectivity index (χ3n) is 12.5. The zero-order valence-corrected chi connectivity index (χ0v) is 24.5. The van der Waals surface area contributed by atoms with Gasteiger partial charge in [-0.25, -0.2) is 0 Å². The van der Waals surface area contributed by atoms with Gasteiger partial charge in [0.2, 0.25) is 0 Å². The molecule has 0 nitrogen and oxygen atoms in total. The Morgan fingerprint density at radius 2 is 1.09 bits per heavy atom. The van der Waals surface area contributed by atoms with Crippen LogP contribution in [0.5, 0.6) is 0 Å². The lowest BCUT2D eigenvalue weighted by Crippen LogP contribution is -2.48. The first-order valence-corrected chi connectivity index (χ1v) is 18.0. The van der Waals surface area contributed by atoms with Crippen LogP contribution in [-0.2, 0) is 0 Å². The number of rotatable bonds is 2. The summed E-state index contributed by atoms with van der Waals surface area (Å²) in [7, 11) is -1.42. The second-order valence-electron chi connectivity index (χ2n) is 16.1. The van der Waals surface area contributed by atoms with Crippen LogP contribution < -0.4 is 0 Å². The maximum atomic E-state index is 2.79. The van der Waals surface area contributed by atoms with E-state index < -0.39 is 8.07 Å². The van der Waals surface area contributed by atoms with Crippen LogP contribution in [0.3, 0.4) is 0 Å². The van der Waals surface area contributed by atoms with Gasteiger partial charge in [0.15, 0.2) is 0 Å². The first kappa shape index (κ1) is 23.3. The third-order valence-corrected chi connectivity index (χ3v) is 19.7. The Bertz CT molecular complexity index is 962. The number of fused-ring (bicyclic) bond motifs is 4. The van der Waals surface area contributed by atoms with Gasteiger partial charge in [-0.15, -0.1) is 0 Å². The van der Waals surface area contributed by atoms with Crippen LogP contribution in [0, 0.1) is 46.3 Å². The van der Waals surface area contributed by atoms with Gasteiger partial charge >= 0.3 is 0 Å². The minimum Gasteiger partial charge on any atom is -0.0805 e. The van der Waals surface area contributed by atoms with E-state index in [4.69, 9.17) is 0 Å². The molecule has 35 heavy (non-hydrogen) atoms. The highest BCUT2D eigenvalue weighted by Crippen LogP contribution is 2.69. The lowest BCUT2D eigenvalue weighted by Gasteiger charge is -2.48. The summed E-state index contributed by atoms with van der Waals surface area (Å²) in [6.45, 7) is 15.5. The molecule has 190 valence electrons. The summed E-state index contributed by atoms with van der Waals surface area (Å²) < 4.78 is 0. The SMILES string of the molecule is CC1CC2C3=C(C=CC2C1[Si]1(C2C(C)CC4C5=C(C=CC42)CC(C)(C)C5)CCCC1)CC(C)(C)C3. The topological polar surface area (TPSA) is 0 Å². The normalized spacial score (nSPS) is 46.2. The quantitative estimate of drug-likeness (QED) is 0.341. The highest BCUT2D eigenvalue weighted by molar-refractivity contribution is 6.83. The van der Waals surface area contributed by atoms with E-state index >= 15 is 0 Å². The van der Waals surface area contributed by atoms with E-state index in [0.717, 1.165) is 46.6 Å². The van der Waals surface area contributed by atoms with Crippen LogP contribution >= 0.6 is 0 Å². The fraction of sp³-hybridized carbons (Fsp3) is 0.765. The molecule has 1 saturated heterocycles. The predicted molar refractivity (Wildman–Crippen MR) is 152 cm³/mol. The van der Waals surface area contributed by atoms with E-state index in [2.05, 4.69) is 65.8 Å². The average Bonchev–Trinajstić information content (AvgIpc) is 3.54. The molecule has 1 heterocycles. The largest absolute Gasteiger partial charge is 0.0805 e. The predicted octanol–water partition coefficient (Wildman–Crippen LogP) is 9.89. The van der Waals surface area contributed by atoms with E-state index in [1.165, 1.54) is 38.5 Å². The Morgan fingerprint density at radius 3 is 1.51 bits per heavy atom. The minimum atomic E-state index is -1.42. The molecule has 6 aliphatic carbocycles. The van der Waals surface area contributed by atoms with Crippen LogP contribution in [0.2, 0.25) is 23.2 Å². The first-order valence-electron chi connectivity index (χ1n) is 15.4. The monoisotopic (exact) mass is 486 g/mol. The van der Waals surface area contributed by atoms with Crippen LogP contribution in [0.25, 0.3) is 0 Å². The molecule has 0 N–H and O–H groups in total. The maximum absolute atomic E-state index is 2.79. The van der Waals surface area contributed by atoms with Gasteiger partial charge in [-0.2, -0.15) is 0 Å². The molecule has 0 aromatic carbocycles. The number of hydrogen-bond acceptors (Lipinski definition) is 0. The zero-order valence-electron chi connectivity index (χ0n) is 23.5. The van der Waals surface area contributed by atoms with Gasteiger partial charge in [0.05, 0.1) is 8.07 Å². The van der Waals surface area contributed by atoms with Gasteiger partial charge in [-0.1, -0.05) is 102 Å². The molecule has 7 rings (SSSR count). The first-order chi connectivity index (χ1) is 16.6. The summed E-state index contributed by atoms with van der Waals surface area (Å²) in [6, 6.07) is 3.31. The fourth-order valence-electron chi connectivity index (χ4n) is 11.9. The second-order valence-corrected chi connectivity index (χ2v) is 20.9. The summed E-state index contributed by atoms with van der Waals surface area (Å²) in [6.07, 6.45) is 22.4. The van der Waals surface area contributed by atoms with Gasteiger partial charge in [0, 0.05) is 0 Å². The Labute approximate surface area is 216 Å². The molecule has 8 atom stereocenters. The molecule has 0 radical (unpaired) electrons. The smallest absolute Gasteiger partial charge is 0.0615 e. The molecule has 0 spiro atoms. The van der Waals surface area contributed by atoms with Crippen molar-refractivity contribution in [1.29, 1.82) is 0 Å². The van der Waals surface area contributed by atoms with Crippen molar-refractivity contribution in [3.05, 3.63) is 46.6 Å². The molecule has 0 aromatic rings. The highest BCUT2D eigenvalue weighted by Gasteiger charge is 2.63. The van der Waals surface area contributed by atoms with Crippen LogP contribution in [0.15, 0.2) is 46.6 Å². The minimum absolute atomic E-state index is 0.494. The van der Waals surface area contributed by atoms with Gasteiger partial charge in [-0.05, 0) is 107 Å². The van der Waals surface area contributed by atoms with E-state index in [-0.39, 0.29) is 0 Å². The molecule has 0 bridgehead atoms. The van der Waals surface area contributed by atoms with Gasteiger partial charge in [-0.3, -0.25) is 0 Å². The van der Waals surface area contributed by atoms with Crippen molar-refractivity contribution in [2.45, 2.75) is 116 Å². The van der Waals surface area contributed by atoms with E-state index in [1.807, 2.05) is 11.1 Å². The van der Waals surface area contributed by atoms with Gasteiger partial charge in [0.1, 0.15) is 0 Å². The van der Waals surface area contributed by atoms with Crippen molar-refractivity contribution in [2.24, 2.45) is 46.3 Å². The molecule has 8 unspecified atom stereocenters. The molecular weight excluding hydrogens is 436 g/mol. The van der Waals surface area contributed by atoms with Gasteiger partial charge < -0.3 is 0 Å². The second kappa shape index (κ2) is 7.61. The standard InChI is InChI=1S/C34H50Si/c1-21-15-27-25(11-9-23-17-33(3,4)19-29(23)27)31(21)35(13-7-8-14-35)32-22(2)16-28-26(32)12-10-24-18-34(5,6)20-30(24)28/h9-12,21-22,25-28,31-32H,7-8,13-20H2,1-6H3. The molecule has 7 aliphatic rings. The van der Waals surface area contributed by atoms with Crippen molar-refractivity contribution in [2.75, 3.05) is 0 Å². The summed E-state index contributed by atoms with van der Waals surface area (Å²) >= 11 is 0. The van der Waals surface area contributed by atoms with Crippen molar-refractivity contribution < 1.29 is 0 Å². The van der Waals surface area contributed by atoms with Crippen LogP contribution in [0.4, 0.5) is 0 Å². The summed E-state index contributed by atoms with van der Waals surface area (Å²) in [5.74, 6) is 5.41. The molecule has 0 aromatic heterocycles. The van der Waals surface area contributed by atoms with Crippen molar-refractivity contribution in [3.63, 3.8) is 0 Å². The average molecular weight is 487 g/mol. The van der Waals surface area contributed by atoms with Crippen molar-refractivity contribution >= 4 is 8.07 Å². The summed E-state index contributed by atoms with van der Waals surface area (Å²) in [5.41, 5.74) is 10.4. The molecule has 0 amide bonds. The Balaban J connectivity index is 1.24. The van der Waals surface area contributed by atoms with E-state index in [0.29, 0.717) is 10.8 Å². The Hall–Kier alpha value is -0.823. The molecule has 1 aliphatic heterocycles. The van der Waals surface area contributed by atoms with E-state index in [1.54, 1.807) is 36.1 Å². The van der Waals surface area contributed by atoms with Crippen molar-refractivity contribution in [1.82, 2.24) is 0 Å². The van der Waals surface area contributed by atoms with Crippen molar-refractivity contribution in [3.8, 4) is 0 Å². The molecule has 3 fully saturated rings. The summed E-state index contributed by atoms with van der Waals surface area (Å²) in [4.78, 5) is 0. The zero-order chi connectivity index (χ0) is 24.3. The van der Waals surface area contributed by atoms with Crippen LogP contribution in [-0.4, -0.2) is 8.07 Å². The Morgan fingerprint density at radius 1 is 0.657 bits per heavy atom. The lowest BCUT2D eigenvalue weighted by molar-refractivity contribution is 0.373. The molecule has 1 heteroatoms. The summed E-state index contributed by atoms with van der Waals surface area (Å²) in [5, 5.41) is 0. The molecular formula is C34H50Si. The van der Waals surface area contributed by atoms with Crippen LogP contribution in [0.1, 0.15) is 92.9 Å². The third kappa shape index (κ3) is 3.35. The molecule has 2 saturated carbocycles. The van der Waals surface area contributed by atoms with E-state index in [9.17, 15) is 0 Å². The fourth-order valence-corrected chi connectivity index (χ4v) is 20.5. The number of hydrogen-bond donors (Lipinski definition) is 0. The lowest BCUT2D eigenvalue weighted by atomic mass is 9.81. The Kier molecular flexibility index (Phi) is 5.07. The number of allylic oxidation sites excluding steroid dienone is 8. The highest BCUT2D eigenvalue weighted by atomic mass is 28.3. The maximum Gasteiger partial charge on any atom is 0.0615 e.